The predicted octanol–water partition coefficient (Wildman–Crippen LogP) is 14.4. The van der Waals surface area contributed by atoms with E-state index in [0.29, 0.717) is 22.3 Å². The fourth-order valence-electron chi connectivity index (χ4n) is 11.2. The van der Waals surface area contributed by atoms with Gasteiger partial charge in [-0.3, -0.25) is 0 Å². The fourth-order valence-corrected chi connectivity index (χ4v) is 48.9. The van der Waals surface area contributed by atoms with Crippen LogP contribution in [0.3, 0.4) is 0 Å². The second-order valence-electron chi connectivity index (χ2n) is 17.3. The molecule has 1 heterocycles. The van der Waals surface area contributed by atoms with E-state index in [1.54, 1.807) is 36.4 Å². The summed E-state index contributed by atoms with van der Waals surface area (Å²) in [7, 11) is 17.3. The zero-order valence-corrected chi connectivity index (χ0v) is 41.5. The van der Waals surface area contributed by atoms with E-state index < -0.39 is 56.5 Å². The van der Waals surface area contributed by atoms with Crippen LogP contribution in [0.1, 0.15) is 51.9 Å². The second kappa shape index (κ2) is 15.8. The molecule has 0 saturated carbocycles. The van der Waals surface area contributed by atoms with Gasteiger partial charge in [-0.05, 0) is 0 Å². The van der Waals surface area contributed by atoms with Gasteiger partial charge in [0, 0.05) is 0 Å². The molecule has 1 aliphatic heterocycles. The van der Waals surface area contributed by atoms with Crippen LogP contribution in [0, 0.1) is 0 Å². The Bertz CT molecular complexity index is 3150. The molecule has 0 aromatic heterocycles. The van der Waals surface area contributed by atoms with Crippen molar-refractivity contribution in [3.8, 4) is 33.4 Å². The molecule has 2 atom stereocenters. The molecule has 0 bridgehead atoms. The Hall–Kier alpha value is -5.51. The molecular weight excluding hydrogens is 1060 g/mol. The van der Waals surface area contributed by atoms with E-state index in [4.69, 9.17) is 0 Å². The van der Waals surface area contributed by atoms with Crippen molar-refractivity contribution in [2.45, 2.75) is 19.7 Å². The van der Waals surface area contributed by atoms with Crippen molar-refractivity contribution in [3.63, 3.8) is 0 Å². The first-order chi connectivity index (χ1) is 31.7. The predicted molar refractivity (Wildman–Crippen MR) is 259 cm³/mol. The molecule has 2 unspecified atom stereocenters. The molecular formula is C56H37Cl2F6HfSi. The molecule has 66 heavy (non-hydrogen) atoms. The summed E-state index contributed by atoms with van der Waals surface area (Å²) < 4.78 is 88.8. The number of hydrogen-bond acceptors (Lipinski definition) is 0. The number of hydrogen-bond donors (Lipinski definition) is 0. The first-order valence-electron chi connectivity index (χ1n) is 21.6. The zero-order chi connectivity index (χ0) is 45.6. The van der Waals surface area contributed by atoms with Gasteiger partial charge in [0.1, 0.15) is 0 Å². The molecule has 0 N–H and O–H groups in total. The number of fused-ring (bicyclic) bond motifs is 5. The molecule has 325 valence electrons. The third-order valence-electron chi connectivity index (χ3n) is 13.8. The van der Waals surface area contributed by atoms with Crippen LogP contribution in [-0.4, -0.2) is 9.52 Å². The molecule has 0 nitrogen and oxygen atoms in total. The van der Waals surface area contributed by atoms with Crippen molar-refractivity contribution in [2.24, 2.45) is 0 Å². The van der Waals surface area contributed by atoms with Gasteiger partial charge in [0.15, 0.2) is 0 Å². The third-order valence-corrected chi connectivity index (χ3v) is 45.1. The summed E-state index contributed by atoms with van der Waals surface area (Å²) in [5.41, 5.74) is 7.43. The average molecular weight is 1100 g/mol. The minimum atomic E-state index is -6.62. The van der Waals surface area contributed by atoms with Crippen LogP contribution in [0.25, 0.3) is 56.7 Å². The quantitative estimate of drug-likeness (QED) is 0.110. The molecule has 0 radical (unpaired) electrons. The van der Waals surface area contributed by atoms with Gasteiger partial charge >= 0.3 is 392 Å². The van der Waals surface area contributed by atoms with Gasteiger partial charge in [0.25, 0.3) is 0 Å². The van der Waals surface area contributed by atoms with Crippen LogP contribution in [0.2, 0.25) is 0 Å². The van der Waals surface area contributed by atoms with E-state index in [-0.39, 0.29) is 11.1 Å². The van der Waals surface area contributed by atoms with Gasteiger partial charge < -0.3 is 0 Å². The normalized spacial score (nSPS) is 17.3. The van der Waals surface area contributed by atoms with Crippen LogP contribution in [0.4, 0.5) is 26.3 Å². The Morgan fingerprint density at radius 2 is 0.788 bits per heavy atom. The topological polar surface area (TPSA) is 0 Å². The van der Waals surface area contributed by atoms with Crippen molar-refractivity contribution < 1.29 is 42.5 Å². The Morgan fingerprint density at radius 1 is 0.394 bits per heavy atom. The first-order valence-corrected chi connectivity index (χ1v) is 37.9. The van der Waals surface area contributed by atoms with Gasteiger partial charge in [-0.2, -0.15) is 0 Å². The number of rotatable bonds is 7. The number of halogens is 8. The Balaban J connectivity index is 1.27. The van der Waals surface area contributed by atoms with Crippen molar-refractivity contribution >= 4 is 63.7 Å². The monoisotopic (exact) mass is 1100 g/mol. The molecule has 11 rings (SSSR count). The Labute approximate surface area is 389 Å². The summed E-state index contributed by atoms with van der Waals surface area (Å²) in [6.45, 7) is 0. The molecule has 0 spiro atoms. The maximum absolute atomic E-state index is 14.9. The molecule has 0 saturated heterocycles. The molecule has 2 aliphatic carbocycles. The second-order valence-corrected chi connectivity index (χ2v) is 48.4. The van der Waals surface area contributed by atoms with Gasteiger partial charge in [-0.25, -0.2) is 0 Å². The van der Waals surface area contributed by atoms with Crippen molar-refractivity contribution in [1.82, 2.24) is 0 Å². The standard InChI is InChI=1S/2C22H14F3.C12H9Si.2ClH.Hf/c2*23-22(24,25)21-12-5-4-10-19(21)18-11-6-9-16-13-17(14-20(16)18)15-7-2-1-3-8-15;1-3-7-11-9(5-1)10-6-2-4-8-12(10)13-11;;;/h2*1-14H;1-7H,13H2;2*1H;/q;;;;;+2/p-2. The van der Waals surface area contributed by atoms with Crippen molar-refractivity contribution in [2.75, 3.05) is 0 Å². The summed E-state index contributed by atoms with van der Waals surface area (Å²) >= 11 is -6.62. The van der Waals surface area contributed by atoms with E-state index >= 15 is 0 Å². The Morgan fingerprint density at radius 3 is 1.27 bits per heavy atom. The van der Waals surface area contributed by atoms with E-state index in [1.807, 2.05) is 103 Å². The Kier molecular flexibility index (Phi) is 10.3. The summed E-state index contributed by atoms with van der Waals surface area (Å²) in [4.78, 5) is 0. The van der Waals surface area contributed by atoms with E-state index in [2.05, 4.69) is 24.3 Å². The fraction of sp³-hybridized carbons (Fsp3) is 0.0714. The summed E-state index contributed by atoms with van der Waals surface area (Å²) in [6, 6.07) is 56.3. The van der Waals surface area contributed by atoms with E-state index in [1.165, 1.54) is 29.5 Å². The van der Waals surface area contributed by atoms with E-state index in [0.717, 1.165) is 65.2 Å². The van der Waals surface area contributed by atoms with Gasteiger partial charge in [0.05, 0.1) is 0 Å². The average Bonchev–Trinajstić information content (AvgIpc) is 4.05. The molecule has 10 heteroatoms. The van der Waals surface area contributed by atoms with Gasteiger partial charge in [0.2, 0.25) is 0 Å². The van der Waals surface area contributed by atoms with Crippen LogP contribution in [0.5, 0.6) is 0 Å². The van der Waals surface area contributed by atoms with Crippen molar-refractivity contribution in [3.05, 3.63) is 233 Å². The zero-order valence-electron chi connectivity index (χ0n) is 34.9. The van der Waals surface area contributed by atoms with Crippen LogP contribution in [-0.2, 0) is 28.5 Å². The summed E-state index contributed by atoms with van der Waals surface area (Å²) in [5.74, 6) is 0. The van der Waals surface area contributed by atoms with E-state index in [9.17, 15) is 43.5 Å². The van der Waals surface area contributed by atoms with Crippen molar-refractivity contribution in [1.29, 1.82) is 0 Å². The molecule has 8 aromatic rings. The number of benzene rings is 8. The van der Waals surface area contributed by atoms with Crippen LogP contribution in [0.15, 0.2) is 188 Å². The first kappa shape index (κ1) is 43.1. The SMILES string of the molecule is FC(F)(F)c1ccccc1-c1cccc2c1C=C(c1ccccc1)[CH]2[Hf]([Cl])([Cl])([c]1cccc2c1[SiH2]c1ccccc1-2)[CH]1C(c2ccccc2)=Cc2c(-c3ccccc3C(F)(F)F)cccc21. The number of allylic oxidation sites excluding steroid dienone is 2. The van der Waals surface area contributed by atoms with Gasteiger partial charge in [-0.15, -0.1) is 0 Å². The maximum atomic E-state index is 14.9. The van der Waals surface area contributed by atoms with Crippen LogP contribution < -0.4 is 13.7 Å². The number of alkyl halides is 6. The van der Waals surface area contributed by atoms with Gasteiger partial charge in [-0.1, -0.05) is 0 Å². The summed E-state index contributed by atoms with van der Waals surface area (Å²) in [6.07, 6.45) is -5.29. The third kappa shape index (κ3) is 6.73. The van der Waals surface area contributed by atoms with Crippen LogP contribution >= 0.6 is 17.2 Å². The summed E-state index contributed by atoms with van der Waals surface area (Å²) in [5, 5.41) is 2.37. The minimum absolute atomic E-state index is 0.0406. The molecule has 8 aromatic carbocycles. The molecule has 0 fully saturated rings. The molecule has 0 amide bonds. The molecule has 3 aliphatic rings.